The van der Waals surface area contributed by atoms with Crippen LogP contribution >= 0.6 is 11.3 Å². The number of allylic oxidation sites excluding steroid dienone is 2. The van der Waals surface area contributed by atoms with Crippen molar-refractivity contribution in [1.82, 2.24) is 0 Å². The van der Waals surface area contributed by atoms with Crippen LogP contribution in [0.1, 0.15) is 143 Å². The summed E-state index contributed by atoms with van der Waals surface area (Å²) in [6.45, 7) is 33.5. The number of benzene rings is 5. The Hall–Kier alpha value is -4.80. The third-order valence-corrected chi connectivity index (χ3v) is 16.4. The summed E-state index contributed by atoms with van der Waals surface area (Å²) in [6.07, 6.45) is 8.41. The molecule has 3 heterocycles. The average Bonchev–Trinajstić information content (AvgIpc) is 3.60. The lowest BCUT2D eigenvalue weighted by atomic mass is 9.35. The molecule has 1 aromatic heterocycles. The topological polar surface area (TPSA) is 6.48 Å². The number of hydrogen-bond donors (Lipinski definition) is 0. The molecule has 0 saturated carbocycles. The van der Waals surface area contributed by atoms with Crippen LogP contribution < -0.4 is 25.5 Å². The maximum absolute atomic E-state index is 2.82. The maximum Gasteiger partial charge on any atom is 0.264 e. The van der Waals surface area contributed by atoms with Crippen LogP contribution in [0.3, 0.4) is 0 Å². The highest BCUT2D eigenvalue weighted by Gasteiger charge is 2.49. The average molecular weight is 847 g/mol. The summed E-state index contributed by atoms with van der Waals surface area (Å²) in [4.78, 5) is 5.48. The number of fused-ring (bicyclic) bond motifs is 7. The van der Waals surface area contributed by atoms with Crippen molar-refractivity contribution in [1.29, 1.82) is 0 Å². The first-order valence-electron chi connectivity index (χ1n) is 23.6. The maximum atomic E-state index is 2.82. The van der Waals surface area contributed by atoms with E-state index < -0.39 is 0 Å². The van der Waals surface area contributed by atoms with Gasteiger partial charge >= 0.3 is 0 Å². The fourth-order valence-electron chi connectivity index (χ4n) is 11.2. The SMILES string of the molecule is Cc1cc2c3c(c1)N(C1CC=C(C(C)(C)C)C=C1c1ccccc1)c1cc4c(cc1B3c1sc3ccc(C(C)(C)C)cc3c1N2c1ccc(C(C)(C)C)cc1)C(C)(C)CCC4(C)C. The van der Waals surface area contributed by atoms with Crippen molar-refractivity contribution in [2.75, 3.05) is 9.80 Å². The molecule has 0 saturated heterocycles. The molecule has 63 heavy (non-hydrogen) atoms. The van der Waals surface area contributed by atoms with E-state index >= 15 is 0 Å². The largest absolute Gasteiger partial charge is 0.334 e. The van der Waals surface area contributed by atoms with Gasteiger partial charge in [-0.25, -0.2) is 0 Å². The monoisotopic (exact) mass is 847 g/mol. The summed E-state index contributed by atoms with van der Waals surface area (Å²) in [5.74, 6) is 0. The highest BCUT2D eigenvalue weighted by molar-refractivity contribution is 7.33. The van der Waals surface area contributed by atoms with Gasteiger partial charge in [0.15, 0.2) is 0 Å². The van der Waals surface area contributed by atoms with Crippen LogP contribution in [0.2, 0.25) is 0 Å². The Balaban J connectivity index is 1.32. The predicted octanol–water partition coefficient (Wildman–Crippen LogP) is 14.7. The minimum absolute atomic E-state index is 0.0270. The van der Waals surface area contributed by atoms with Crippen LogP contribution in [0, 0.1) is 12.3 Å². The Bertz CT molecular complexity index is 2880. The summed E-state index contributed by atoms with van der Waals surface area (Å²) >= 11 is 2.02. The minimum atomic E-state index is 0.0270. The molecule has 0 radical (unpaired) electrons. The van der Waals surface area contributed by atoms with Crippen molar-refractivity contribution in [3.05, 3.63) is 148 Å². The van der Waals surface area contributed by atoms with E-state index in [1.165, 1.54) is 112 Å². The highest BCUT2D eigenvalue weighted by atomic mass is 32.1. The molecule has 10 rings (SSSR count). The van der Waals surface area contributed by atoms with Crippen LogP contribution in [0.15, 0.2) is 115 Å². The quantitative estimate of drug-likeness (QED) is 0.164. The van der Waals surface area contributed by atoms with Crippen LogP contribution in [-0.4, -0.2) is 12.8 Å². The second-order valence-corrected chi connectivity index (χ2v) is 24.9. The number of nitrogens with zero attached hydrogens (tertiary/aromatic N) is 2. The molecule has 4 heteroatoms. The van der Waals surface area contributed by atoms with E-state index in [-0.39, 0.29) is 39.8 Å². The third-order valence-electron chi connectivity index (χ3n) is 15.2. The number of thiophene rings is 1. The van der Waals surface area contributed by atoms with E-state index in [1.54, 1.807) is 0 Å². The van der Waals surface area contributed by atoms with Crippen LogP contribution in [0.4, 0.5) is 28.4 Å². The van der Waals surface area contributed by atoms with Crippen molar-refractivity contribution in [2.45, 2.75) is 144 Å². The summed E-state index contributed by atoms with van der Waals surface area (Å²) in [6, 6.07) is 38.7. The lowest BCUT2D eigenvalue weighted by Crippen LogP contribution is -2.62. The van der Waals surface area contributed by atoms with Gasteiger partial charge in [0.25, 0.3) is 6.71 Å². The number of hydrogen-bond acceptors (Lipinski definition) is 3. The molecule has 4 aliphatic rings. The van der Waals surface area contributed by atoms with E-state index in [4.69, 9.17) is 0 Å². The van der Waals surface area contributed by atoms with Crippen LogP contribution in [0.5, 0.6) is 0 Å². The van der Waals surface area contributed by atoms with Gasteiger partial charge in [-0.2, -0.15) is 0 Å². The number of aryl methyl sites for hydroxylation is 1. The molecule has 2 aliphatic heterocycles. The first kappa shape index (κ1) is 42.2. The Morgan fingerprint density at radius 1 is 0.651 bits per heavy atom. The summed E-state index contributed by atoms with van der Waals surface area (Å²) in [5.41, 5.74) is 21.0. The normalized spacial score (nSPS) is 19.0. The number of anilines is 5. The molecule has 0 spiro atoms. The van der Waals surface area contributed by atoms with Crippen molar-refractivity contribution in [3.63, 3.8) is 0 Å². The molecule has 0 amide bonds. The van der Waals surface area contributed by atoms with Crippen molar-refractivity contribution < 1.29 is 0 Å². The highest BCUT2D eigenvalue weighted by Crippen LogP contribution is 2.53. The molecule has 1 atom stereocenters. The molecule has 1 unspecified atom stereocenters. The van der Waals surface area contributed by atoms with Gasteiger partial charge in [0.05, 0.1) is 11.7 Å². The van der Waals surface area contributed by atoms with Crippen LogP contribution in [-0.2, 0) is 21.7 Å². The molecule has 2 nitrogen and oxygen atoms in total. The van der Waals surface area contributed by atoms with E-state index in [1.807, 2.05) is 11.3 Å². The molecular weight excluding hydrogens is 780 g/mol. The van der Waals surface area contributed by atoms with Gasteiger partial charge in [0.2, 0.25) is 0 Å². The number of rotatable bonds is 3. The van der Waals surface area contributed by atoms with E-state index in [9.17, 15) is 0 Å². The zero-order valence-electron chi connectivity index (χ0n) is 40.5. The summed E-state index contributed by atoms with van der Waals surface area (Å²) in [7, 11) is 0. The second kappa shape index (κ2) is 14.1. The minimum Gasteiger partial charge on any atom is -0.334 e. The van der Waals surface area contributed by atoms with E-state index in [0.717, 1.165) is 6.42 Å². The fourth-order valence-corrected chi connectivity index (χ4v) is 12.5. The van der Waals surface area contributed by atoms with E-state index in [0.29, 0.717) is 0 Å². The lowest BCUT2D eigenvalue weighted by molar-refractivity contribution is 0.332. The summed E-state index contributed by atoms with van der Waals surface area (Å²) in [5, 5.41) is 1.36. The Labute approximate surface area is 383 Å². The van der Waals surface area contributed by atoms with Gasteiger partial charge in [-0.15, -0.1) is 11.3 Å². The first-order chi connectivity index (χ1) is 29.5. The van der Waals surface area contributed by atoms with Gasteiger partial charge < -0.3 is 9.80 Å². The second-order valence-electron chi connectivity index (χ2n) is 23.8. The smallest absolute Gasteiger partial charge is 0.264 e. The molecule has 322 valence electrons. The zero-order chi connectivity index (χ0) is 44.8. The van der Waals surface area contributed by atoms with Crippen molar-refractivity contribution in [3.8, 4) is 0 Å². The zero-order valence-corrected chi connectivity index (χ0v) is 41.3. The lowest BCUT2D eigenvalue weighted by Gasteiger charge is -2.49. The van der Waals surface area contributed by atoms with Gasteiger partial charge in [-0.3, -0.25) is 0 Å². The molecule has 0 fully saturated rings. The molecule has 0 N–H and O–H groups in total. The Kier molecular flexibility index (Phi) is 9.44. The Morgan fingerprint density at radius 2 is 1.27 bits per heavy atom. The third kappa shape index (κ3) is 6.79. The van der Waals surface area contributed by atoms with Gasteiger partial charge in [0.1, 0.15) is 0 Å². The fraction of sp³-hybridized carbons (Fsp3) is 0.390. The van der Waals surface area contributed by atoms with Gasteiger partial charge in [-0.05, 0) is 151 Å². The van der Waals surface area contributed by atoms with Crippen molar-refractivity contribution >= 4 is 77.8 Å². The molecular formula is C59H67BN2S. The van der Waals surface area contributed by atoms with Crippen LogP contribution in [0.25, 0.3) is 15.7 Å². The summed E-state index contributed by atoms with van der Waals surface area (Å²) < 4.78 is 2.82. The molecule has 2 aliphatic carbocycles. The Morgan fingerprint density at radius 3 is 1.90 bits per heavy atom. The first-order valence-corrected chi connectivity index (χ1v) is 24.4. The predicted molar refractivity (Wildman–Crippen MR) is 278 cm³/mol. The molecule has 0 bridgehead atoms. The molecule has 6 aromatic rings. The van der Waals surface area contributed by atoms with Crippen molar-refractivity contribution in [2.24, 2.45) is 5.41 Å². The van der Waals surface area contributed by atoms with Gasteiger partial charge in [0, 0.05) is 37.6 Å². The van der Waals surface area contributed by atoms with Gasteiger partial charge in [-0.1, -0.05) is 157 Å². The van der Waals surface area contributed by atoms with E-state index in [2.05, 4.69) is 216 Å². The standard InChI is InChI=1S/C59H67BN2S/c1-36-30-49-52-50(31-36)62(47-26-22-39(56(5,6)7)32-42(47)37-18-16-15-17-19-37)48-35-45-44(58(11,12)28-29-59(45,13)14)34-46(48)60(52)54-53(43-33-40(57(8,9)10)23-27-51(43)63-54)61(49)41-24-20-38(21-25-41)55(2,3)4/h15-25,27,30-35,47H,26,28-29H2,1-14H3. The molecule has 5 aromatic carbocycles.